The first-order chi connectivity index (χ1) is 28.6. The summed E-state index contributed by atoms with van der Waals surface area (Å²) in [5.74, 6) is 0.00771. The fraction of sp³-hybridized carbons (Fsp3) is 0.513. The Hall–Kier alpha value is -5.73. The van der Waals surface area contributed by atoms with Gasteiger partial charge in [-0.15, -0.1) is 0 Å². The van der Waals surface area contributed by atoms with Crippen LogP contribution in [0.15, 0.2) is 42.9 Å². The Kier molecular flexibility index (Phi) is 12.0. The number of piperidine rings is 2. The van der Waals surface area contributed by atoms with Gasteiger partial charge in [-0.05, 0) is 49.9 Å². The summed E-state index contributed by atoms with van der Waals surface area (Å²) in [5, 5.41) is 13.4. The zero-order valence-electron chi connectivity index (χ0n) is 32.7. The van der Waals surface area contributed by atoms with Crippen LogP contribution in [0.25, 0.3) is 5.65 Å². The first kappa shape index (κ1) is 40.1. The number of fused-ring (bicyclic) bond motifs is 1. The minimum atomic E-state index is -2.89. The standard InChI is InChI=1S/C39H47F2N11O7/c1-57-31-3-2-25(22-30(31)50-14-9-33(53)45-39(50)56)38(55)49-12-6-27(7-13-49)59-21-16-47-10-4-26(5-11-47)52-24-29(34(46-52)35(40)41)43-37(54)28-23-42-51-15-8-32(44-36(28)51)48-17-19-58-20-18-48/h2-3,8,15,22-24,26-27,35H,4-7,9-14,16-21H2,1H3,(H,43,54)(H,45,53,56). The summed E-state index contributed by atoms with van der Waals surface area (Å²) >= 11 is 0. The van der Waals surface area contributed by atoms with Gasteiger partial charge in [-0.3, -0.25) is 29.3 Å². The number of nitrogens with one attached hydrogen (secondary N) is 2. The molecule has 0 unspecified atom stereocenters. The number of imide groups is 1. The minimum absolute atomic E-state index is 0.00594. The minimum Gasteiger partial charge on any atom is -0.495 e. The maximum atomic E-state index is 14.2. The van der Waals surface area contributed by atoms with Crippen molar-refractivity contribution in [2.45, 2.75) is 50.7 Å². The number of methoxy groups -OCH3 is 1. The number of hydrogen-bond donors (Lipinski definition) is 2. The zero-order chi connectivity index (χ0) is 41.0. The molecular formula is C39H47F2N11O7. The van der Waals surface area contributed by atoms with E-state index in [0.29, 0.717) is 107 Å². The van der Waals surface area contributed by atoms with E-state index in [2.05, 4.69) is 35.6 Å². The van der Waals surface area contributed by atoms with Crippen molar-refractivity contribution in [2.75, 3.05) is 94.4 Å². The van der Waals surface area contributed by atoms with Gasteiger partial charge in [0.15, 0.2) is 11.3 Å². The molecule has 4 aromatic rings. The smallest absolute Gasteiger partial charge is 0.328 e. The van der Waals surface area contributed by atoms with Crippen molar-refractivity contribution < 1.29 is 42.2 Å². The number of halogens is 2. The van der Waals surface area contributed by atoms with Crippen LogP contribution in [-0.2, 0) is 14.3 Å². The van der Waals surface area contributed by atoms with Gasteiger partial charge in [0.2, 0.25) is 5.91 Å². The predicted octanol–water partition coefficient (Wildman–Crippen LogP) is 3.37. The summed E-state index contributed by atoms with van der Waals surface area (Å²) < 4.78 is 48.5. The second kappa shape index (κ2) is 17.6. The highest BCUT2D eigenvalue weighted by Gasteiger charge is 2.31. The molecule has 0 atom stereocenters. The Morgan fingerprint density at radius 1 is 1.02 bits per heavy atom. The average molecular weight is 820 g/mol. The van der Waals surface area contributed by atoms with E-state index in [1.165, 1.54) is 28.9 Å². The molecule has 0 saturated carbocycles. The van der Waals surface area contributed by atoms with Gasteiger partial charge in [-0.25, -0.2) is 23.1 Å². The lowest BCUT2D eigenvalue weighted by Crippen LogP contribution is -2.49. The van der Waals surface area contributed by atoms with Gasteiger partial charge in [0.05, 0.1) is 56.6 Å². The van der Waals surface area contributed by atoms with Crippen LogP contribution in [0.4, 0.5) is 30.8 Å². The molecule has 3 aromatic heterocycles. The van der Waals surface area contributed by atoms with Gasteiger partial charge >= 0.3 is 6.03 Å². The summed E-state index contributed by atoms with van der Waals surface area (Å²) in [6.45, 7) is 6.40. The van der Waals surface area contributed by atoms with Gasteiger partial charge in [0.25, 0.3) is 18.2 Å². The van der Waals surface area contributed by atoms with Crippen LogP contribution in [0.5, 0.6) is 5.75 Å². The molecule has 7 heterocycles. The summed E-state index contributed by atoms with van der Waals surface area (Å²) in [5.41, 5.74) is 0.807. The number of alkyl halides is 2. The number of hydrogen-bond acceptors (Lipinski definition) is 12. The largest absolute Gasteiger partial charge is 0.495 e. The molecule has 314 valence electrons. The number of morpholine rings is 1. The van der Waals surface area contributed by atoms with Crippen molar-refractivity contribution in [2.24, 2.45) is 0 Å². The van der Waals surface area contributed by atoms with E-state index in [-0.39, 0.29) is 48.2 Å². The third-order valence-electron chi connectivity index (χ3n) is 11.3. The van der Waals surface area contributed by atoms with Crippen LogP contribution in [-0.4, -0.2) is 143 Å². The maximum absolute atomic E-state index is 14.2. The van der Waals surface area contributed by atoms with Crippen LogP contribution in [0.2, 0.25) is 0 Å². The highest BCUT2D eigenvalue weighted by atomic mass is 19.3. The topological polar surface area (TPSA) is 181 Å². The molecular weight excluding hydrogens is 772 g/mol. The molecule has 4 fully saturated rings. The fourth-order valence-corrected chi connectivity index (χ4v) is 8.02. The Morgan fingerprint density at radius 2 is 1.80 bits per heavy atom. The number of nitrogens with zero attached hydrogens (tertiary/aromatic N) is 9. The van der Waals surface area contributed by atoms with Gasteiger partial charge in [0.1, 0.15) is 17.1 Å². The maximum Gasteiger partial charge on any atom is 0.328 e. The SMILES string of the molecule is COc1ccc(C(=O)N2CCC(OCCN3CCC(n4cc(NC(=O)c5cnn6ccc(N7CCOCC7)nc56)c(C(F)F)n4)CC3)CC2)cc1N1CCC(=O)NC1=O. The molecule has 5 amide bonds. The van der Waals surface area contributed by atoms with Crippen LogP contribution in [0.3, 0.4) is 0 Å². The molecule has 4 saturated heterocycles. The van der Waals surface area contributed by atoms with Crippen molar-refractivity contribution in [1.29, 1.82) is 0 Å². The fourth-order valence-electron chi connectivity index (χ4n) is 8.02. The molecule has 1 aromatic carbocycles. The molecule has 59 heavy (non-hydrogen) atoms. The summed E-state index contributed by atoms with van der Waals surface area (Å²) in [7, 11) is 1.49. The molecule has 4 aliphatic heterocycles. The van der Waals surface area contributed by atoms with Crippen LogP contribution in [0, 0.1) is 0 Å². The Labute approximate surface area is 338 Å². The number of likely N-dealkylation sites (tertiary alicyclic amines) is 2. The van der Waals surface area contributed by atoms with E-state index in [0.717, 1.165) is 13.1 Å². The number of carbonyl (C=O) groups excluding carboxylic acids is 4. The normalized spacial score (nSPS) is 18.8. The van der Waals surface area contributed by atoms with E-state index < -0.39 is 24.1 Å². The van der Waals surface area contributed by atoms with Gasteiger partial charge < -0.3 is 34.2 Å². The molecule has 0 spiro atoms. The van der Waals surface area contributed by atoms with Crippen molar-refractivity contribution >= 4 is 46.6 Å². The molecule has 8 rings (SSSR count). The third-order valence-corrected chi connectivity index (χ3v) is 11.3. The lowest BCUT2D eigenvalue weighted by atomic mass is 10.0. The van der Waals surface area contributed by atoms with E-state index in [9.17, 15) is 28.0 Å². The van der Waals surface area contributed by atoms with Gasteiger partial charge in [-0.1, -0.05) is 0 Å². The predicted molar refractivity (Wildman–Crippen MR) is 209 cm³/mol. The number of rotatable bonds is 12. The summed E-state index contributed by atoms with van der Waals surface area (Å²) in [4.78, 5) is 63.2. The first-order valence-corrected chi connectivity index (χ1v) is 19.9. The van der Waals surface area contributed by atoms with Crippen LogP contribution < -0.4 is 25.2 Å². The second-order valence-electron chi connectivity index (χ2n) is 15.0. The van der Waals surface area contributed by atoms with Crippen molar-refractivity contribution in [3.63, 3.8) is 0 Å². The van der Waals surface area contributed by atoms with Crippen LogP contribution >= 0.6 is 0 Å². The van der Waals surface area contributed by atoms with Crippen LogP contribution in [0.1, 0.15) is 71.0 Å². The number of ether oxygens (including phenoxy) is 3. The van der Waals surface area contributed by atoms with E-state index in [1.54, 1.807) is 34.0 Å². The quantitative estimate of drug-likeness (QED) is 0.213. The summed E-state index contributed by atoms with van der Waals surface area (Å²) in [6, 6.07) is 6.11. The number of anilines is 3. The number of benzene rings is 1. The first-order valence-electron chi connectivity index (χ1n) is 19.9. The number of amides is 5. The monoisotopic (exact) mass is 819 g/mol. The van der Waals surface area contributed by atoms with E-state index in [4.69, 9.17) is 14.2 Å². The van der Waals surface area contributed by atoms with E-state index in [1.807, 2.05) is 6.07 Å². The summed E-state index contributed by atoms with van der Waals surface area (Å²) in [6.07, 6.45) is 4.59. The lowest BCUT2D eigenvalue weighted by molar-refractivity contribution is -0.120. The Balaban J connectivity index is 0.798. The van der Waals surface area contributed by atoms with Crippen molar-refractivity contribution in [3.05, 3.63) is 59.7 Å². The van der Waals surface area contributed by atoms with Gasteiger partial charge in [0, 0.05) is 76.7 Å². The number of aromatic nitrogens is 5. The molecule has 0 bridgehead atoms. The molecule has 0 aliphatic carbocycles. The number of urea groups is 1. The molecule has 20 heteroatoms. The lowest BCUT2D eigenvalue weighted by Gasteiger charge is -2.34. The Morgan fingerprint density at radius 3 is 2.53 bits per heavy atom. The third kappa shape index (κ3) is 8.84. The molecule has 2 N–H and O–H groups in total. The second-order valence-corrected chi connectivity index (χ2v) is 15.0. The molecule has 18 nitrogen and oxygen atoms in total. The zero-order valence-corrected chi connectivity index (χ0v) is 32.7. The molecule has 0 radical (unpaired) electrons. The van der Waals surface area contributed by atoms with Crippen molar-refractivity contribution in [1.82, 2.24) is 39.5 Å². The number of carbonyl (C=O) groups is 4. The Bertz CT molecular complexity index is 2180. The van der Waals surface area contributed by atoms with Gasteiger partial charge in [-0.2, -0.15) is 10.2 Å². The highest BCUT2D eigenvalue weighted by molar-refractivity contribution is 6.08. The highest BCUT2D eigenvalue weighted by Crippen LogP contribution is 2.33. The van der Waals surface area contributed by atoms with E-state index >= 15 is 0 Å². The van der Waals surface area contributed by atoms with Crippen molar-refractivity contribution in [3.8, 4) is 5.75 Å². The average Bonchev–Trinajstić information content (AvgIpc) is 3.89. The molecule has 4 aliphatic rings.